The van der Waals surface area contributed by atoms with Gasteiger partial charge in [0.2, 0.25) is 5.78 Å². The van der Waals surface area contributed by atoms with Crippen molar-refractivity contribution in [3.8, 4) is 5.75 Å². The molecule has 0 heterocycles. The minimum absolute atomic E-state index is 0.123. The Kier molecular flexibility index (Phi) is 5.79. The summed E-state index contributed by atoms with van der Waals surface area (Å²) in [7, 11) is 0. The molecule has 0 aliphatic carbocycles. The summed E-state index contributed by atoms with van der Waals surface area (Å²) in [5.41, 5.74) is 0.728. The van der Waals surface area contributed by atoms with Gasteiger partial charge in [0.25, 0.3) is 0 Å². The zero-order valence-corrected chi connectivity index (χ0v) is 15.4. The number of carbonyl (C=O) groups excluding carboxylic acids is 2. The van der Waals surface area contributed by atoms with Crippen LogP contribution >= 0.6 is 23.2 Å². The number of hydrogen-bond donors (Lipinski definition) is 1. The molecule has 3 rings (SSSR count). The Balaban J connectivity index is 1.97. The summed E-state index contributed by atoms with van der Waals surface area (Å²) in [6, 6.07) is 18.9. The van der Waals surface area contributed by atoms with E-state index in [0.29, 0.717) is 16.1 Å². The maximum Gasteiger partial charge on any atom is 0.343 e. The van der Waals surface area contributed by atoms with Gasteiger partial charge in [-0.15, -0.1) is 0 Å². The fraction of sp³-hybridized carbons (Fsp3) is 0.0476. The summed E-state index contributed by atoms with van der Waals surface area (Å²) in [6.07, 6.45) is -1.20. The third kappa shape index (κ3) is 4.48. The highest BCUT2D eigenvalue weighted by molar-refractivity contribution is 6.31. The van der Waals surface area contributed by atoms with Crippen LogP contribution in [0.15, 0.2) is 72.8 Å². The number of rotatable bonds is 5. The lowest BCUT2D eigenvalue weighted by Gasteiger charge is -2.18. The average Bonchev–Trinajstić information content (AvgIpc) is 2.69. The first-order chi connectivity index (χ1) is 13.0. The molecule has 1 unspecified atom stereocenters. The number of halogens is 2. The maximum absolute atomic E-state index is 13.0. The van der Waals surface area contributed by atoms with Crippen LogP contribution in [0.2, 0.25) is 10.0 Å². The molecule has 4 nitrogen and oxygen atoms in total. The zero-order valence-electron chi connectivity index (χ0n) is 13.9. The van der Waals surface area contributed by atoms with E-state index in [1.165, 1.54) is 18.2 Å². The number of phenols is 1. The van der Waals surface area contributed by atoms with Crippen LogP contribution in [0, 0.1) is 0 Å². The van der Waals surface area contributed by atoms with Gasteiger partial charge in [-0.1, -0.05) is 65.7 Å². The van der Waals surface area contributed by atoms with Crippen molar-refractivity contribution in [1.29, 1.82) is 0 Å². The molecule has 0 amide bonds. The minimum Gasteiger partial charge on any atom is -0.507 e. The lowest BCUT2D eigenvalue weighted by molar-refractivity contribution is 0.0277. The van der Waals surface area contributed by atoms with Gasteiger partial charge in [-0.25, -0.2) is 4.79 Å². The standard InChI is InChI=1S/C21H14Cl2O4/c22-15-8-6-14(7-9-15)20(19(25)13-4-2-1-3-5-13)27-21(26)17-12-16(23)10-11-18(17)24/h1-12,20,24H. The molecular formula is C21H14Cl2O4. The van der Waals surface area contributed by atoms with Crippen molar-refractivity contribution in [1.82, 2.24) is 0 Å². The molecule has 0 aromatic heterocycles. The number of carbonyl (C=O) groups is 2. The number of aromatic hydroxyl groups is 1. The van der Waals surface area contributed by atoms with E-state index in [4.69, 9.17) is 27.9 Å². The van der Waals surface area contributed by atoms with Crippen LogP contribution in [0.4, 0.5) is 0 Å². The van der Waals surface area contributed by atoms with E-state index in [2.05, 4.69) is 0 Å². The van der Waals surface area contributed by atoms with E-state index < -0.39 is 17.9 Å². The minimum atomic E-state index is -1.20. The van der Waals surface area contributed by atoms with Crippen molar-refractivity contribution in [2.24, 2.45) is 0 Å². The first-order valence-electron chi connectivity index (χ1n) is 8.00. The molecule has 27 heavy (non-hydrogen) atoms. The molecular weight excluding hydrogens is 387 g/mol. The molecule has 3 aromatic carbocycles. The predicted octanol–water partition coefficient (Wildman–Crippen LogP) is 5.48. The Hall–Kier alpha value is -2.82. The van der Waals surface area contributed by atoms with Gasteiger partial charge < -0.3 is 9.84 Å². The largest absolute Gasteiger partial charge is 0.507 e. The molecule has 0 bridgehead atoms. The summed E-state index contributed by atoms with van der Waals surface area (Å²) in [6.45, 7) is 0. The van der Waals surface area contributed by atoms with Gasteiger partial charge in [-0.2, -0.15) is 0 Å². The van der Waals surface area contributed by atoms with Crippen molar-refractivity contribution in [3.63, 3.8) is 0 Å². The smallest absolute Gasteiger partial charge is 0.343 e. The maximum atomic E-state index is 13.0. The molecule has 0 aliphatic rings. The highest BCUT2D eigenvalue weighted by Gasteiger charge is 2.27. The van der Waals surface area contributed by atoms with E-state index in [0.717, 1.165) is 0 Å². The highest BCUT2D eigenvalue weighted by atomic mass is 35.5. The second kappa shape index (κ2) is 8.25. The monoisotopic (exact) mass is 400 g/mol. The second-order valence-electron chi connectivity index (χ2n) is 5.73. The molecule has 1 atom stereocenters. The molecule has 0 radical (unpaired) electrons. The number of ether oxygens (including phenoxy) is 1. The Labute approximate surface area is 165 Å². The van der Waals surface area contributed by atoms with Crippen LogP contribution in [0.5, 0.6) is 5.75 Å². The van der Waals surface area contributed by atoms with Crippen LogP contribution in [-0.2, 0) is 4.74 Å². The van der Waals surface area contributed by atoms with E-state index in [1.54, 1.807) is 54.6 Å². The van der Waals surface area contributed by atoms with Crippen LogP contribution in [0.1, 0.15) is 32.4 Å². The van der Waals surface area contributed by atoms with Crippen molar-refractivity contribution in [3.05, 3.63) is 99.5 Å². The number of hydrogen-bond acceptors (Lipinski definition) is 4. The number of Topliss-reactive ketones (excluding diaryl/α,β-unsaturated/α-hetero) is 1. The van der Waals surface area contributed by atoms with Gasteiger partial charge in [0.1, 0.15) is 11.3 Å². The molecule has 3 aromatic rings. The van der Waals surface area contributed by atoms with Crippen molar-refractivity contribution in [2.75, 3.05) is 0 Å². The van der Waals surface area contributed by atoms with E-state index in [1.807, 2.05) is 0 Å². The fourth-order valence-electron chi connectivity index (χ4n) is 2.51. The van der Waals surface area contributed by atoms with Crippen LogP contribution in [0.3, 0.4) is 0 Å². The number of ketones is 1. The van der Waals surface area contributed by atoms with Crippen LogP contribution in [0.25, 0.3) is 0 Å². The highest BCUT2D eigenvalue weighted by Crippen LogP contribution is 2.28. The zero-order chi connectivity index (χ0) is 19.4. The third-order valence-electron chi connectivity index (χ3n) is 3.87. The first kappa shape index (κ1) is 19.0. The SMILES string of the molecule is O=C(OC(C(=O)c1ccccc1)c1ccc(Cl)cc1)c1cc(Cl)ccc1O. The van der Waals surface area contributed by atoms with Crippen molar-refractivity contribution >= 4 is 35.0 Å². The normalized spacial score (nSPS) is 11.6. The lowest BCUT2D eigenvalue weighted by Crippen LogP contribution is -2.20. The summed E-state index contributed by atoms with van der Waals surface area (Å²) in [5, 5.41) is 10.7. The summed E-state index contributed by atoms with van der Waals surface area (Å²) < 4.78 is 5.46. The van der Waals surface area contributed by atoms with Gasteiger partial charge >= 0.3 is 5.97 Å². The Bertz CT molecular complexity index is 969. The average molecular weight is 401 g/mol. The molecule has 0 saturated heterocycles. The predicted molar refractivity (Wildman–Crippen MR) is 103 cm³/mol. The van der Waals surface area contributed by atoms with E-state index in [-0.39, 0.29) is 16.3 Å². The van der Waals surface area contributed by atoms with Crippen molar-refractivity contribution < 1.29 is 19.4 Å². The molecule has 136 valence electrons. The van der Waals surface area contributed by atoms with Crippen LogP contribution in [-0.4, -0.2) is 16.9 Å². The molecule has 1 N–H and O–H groups in total. The van der Waals surface area contributed by atoms with Gasteiger partial charge in [0.15, 0.2) is 6.10 Å². The van der Waals surface area contributed by atoms with E-state index >= 15 is 0 Å². The molecule has 0 aliphatic heterocycles. The first-order valence-corrected chi connectivity index (χ1v) is 8.75. The molecule has 0 fully saturated rings. The summed E-state index contributed by atoms with van der Waals surface area (Å²) >= 11 is 11.8. The summed E-state index contributed by atoms with van der Waals surface area (Å²) in [5.74, 6) is -1.54. The second-order valence-corrected chi connectivity index (χ2v) is 6.60. The van der Waals surface area contributed by atoms with Gasteiger partial charge in [0, 0.05) is 21.2 Å². The fourth-order valence-corrected chi connectivity index (χ4v) is 2.80. The third-order valence-corrected chi connectivity index (χ3v) is 4.36. The van der Waals surface area contributed by atoms with Crippen molar-refractivity contribution in [2.45, 2.75) is 6.10 Å². The molecule has 6 heteroatoms. The molecule has 0 saturated carbocycles. The topological polar surface area (TPSA) is 63.6 Å². The Morgan fingerprint density at radius 1 is 0.852 bits per heavy atom. The quantitative estimate of drug-likeness (QED) is 0.454. The van der Waals surface area contributed by atoms with E-state index in [9.17, 15) is 14.7 Å². The van der Waals surface area contributed by atoms with Crippen LogP contribution < -0.4 is 0 Å². The van der Waals surface area contributed by atoms with Gasteiger partial charge in [-0.3, -0.25) is 4.79 Å². The molecule has 0 spiro atoms. The number of phenolic OH excluding ortho intramolecular Hbond substituents is 1. The Morgan fingerprint density at radius 2 is 1.48 bits per heavy atom. The van der Waals surface area contributed by atoms with Gasteiger partial charge in [0.05, 0.1) is 0 Å². The number of benzene rings is 3. The Morgan fingerprint density at radius 3 is 2.15 bits per heavy atom. The lowest BCUT2D eigenvalue weighted by atomic mass is 9.99. The number of esters is 1. The van der Waals surface area contributed by atoms with Gasteiger partial charge in [-0.05, 0) is 30.3 Å². The summed E-state index contributed by atoms with van der Waals surface area (Å²) in [4.78, 5) is 25.5.